The first-order valence-corrected chi connectivity index (χ1v) is 9.86. The van der Waals surface area contributed by atoms with E-state index in [4.69, 9.17) is 12.6 Å². The molecule has 3 nitrogen and oxygen atoms in total. The van der Waals surface area contributed by atoms with Crippen LogP contribution in [0.2, 0.25) is 0 Å². The third-order valence-corrected chi connectivity index (χ3v) is 4.26. The van der Waals surface area contributed by atoms with E-state index in [0.29, 0.717) is 12.8 Å². The summed E-state index contributed by atoms with van der Waals surface area (Å²) in [5.74, 6) is 4.68. The summed E-state index contributed by atoms with van der Waals surface area (Å²) in [5, 5.41) is 8.70. The van der Waals surface area contributed by atoms with Crippen molar-refractivity contribution in [3.63, 3.8) is 0 Å². The summed E-state index contributed by atoms with van der Waals surface area (Å²) in [6, 6.07) is 7.37. The monoisotopic (exact) mass is 360 g/mol. The molecule has 0 amide bonds. The van der Waals surface area contributed by atoms with Crippen molar-refractivity contribution in [2.24, 2.45) is 0 Å². The van der Waals surface area contributed by atoms with E-state index in [1.54, 1.807) is 0 Å². The van der Waals surface area contributed by atoms with Crippen LogP contribution < -0.4 is 0 Å². The Morgan fingerprint density at radius 3 is 2.27 bits per heavy atom. The smallest absolute Gasteiger partial charge is 0.303 e. The third-order valence-electron chi connectivity index (χ3n) is 4.26. The molecule has 0 saturated carbocycles. The Morgan fingerprint density at radius 2 is 1.62 bits per heavy atom. The van der Waals surface area contributed by atoms with E-state index in [-0.39, 0.29) is 13.0 Å². The molecule has 26 heavy (non-hydrogen) atoms. The summed E-state index contributed by atoms with van der Waals surface area (Å²) in [7, 11) is 0. The molecule has 0 atom stereocenters. The van der Waals surface area contributed by atoms with Gasteiger partial charge in [-0.3, -0.25) is 4.79 Å². The second-order valence-electron chi connectivity index (χ2n) is 6.63. The molecule has 0 aliphatic rings. The lowest BCUT2D eigenvalue weighted by Crippen LogP contribution is -1.98. The minimum atomic E-state index is -1.96. The molecule has 0 saturated heterocycles. The number of aryl methyl sites for hydroxylation is 1. The van der Waals surface area contributed by atoms with Crippen molar-refractivity contribution in [1.29, 1.82) is 0 Å². The van der Waals surface area contributed by atoms with E-state index < -0.39 is 12.5 Å². The van der Waals surface area contributed by atoms with Crippen LogP contribution in [0.1, 0.15) is 85.0 Å². The standard InChI is InChI=1S/C23H34O3/c1-2-3-4-5-6-7-8-9-10-11-12-19-26-20-22-15-13-21(14-16-22)17-18-23(24)25/h13-16H,2-10,17-20H2,1H3,(H,24,25)/i19D2. The lowest BCUT2D eigenvalue weighted by molar-refractivity contribution is -0.136. The highest BCUT2D eigenvalue weighted by molar-refractivity contribution is 5.67. The molecule has 1 N–H and O–H groups in total. The van der Waals surface area contributed by atoms with Gasteiger partial charge in [-0.05, 0) is 24.0 Å². The van der Waals surface area contributed by atoms with E-state index >= 15 is 0 Å². The molecule has 0 aliphatic carbocycles. The van der Waals surface area contributed by atoms with E-state index in [1.165, 1.54) is 38.5 Å². The van der Waals surface area contributed by atoms with Crippen LogP contribution in [0.4, 0.5) is 0 Å². The van der Waals surface area contributed by atoms with Gasteiger partial charge in [-0.15, -0.1) is 5.92 Å². The Bertz CT molecular complexity index is 615. The fourth-order valence-corrected chi connectivity index (χ4v) is 2.65. The first-order valence-electron chi connectivity index (χ1n) is 10.9. The van der Waals surface area contributed by atoms with Crippen LogP contribution in [0, 0.1) is 11.8 Å². The molecule has 0 aliphatic heterocycles. The number of carboxylic acids is 1. The molecule has 1 rings (SSSR count). The van der Waals surface area contributed by atoms with Gasteiger partial charge in [-0.1, -0.05) is 82.1 Å². The van der Waals surface area contributed by atoms with Crippen LogP contribution >= 0.6 is 0 Å². The average Bonchev–Trinajstić information content (AvgIpc) is 2.67. The normalized spacial score (nSPS) is 12.0. The molecule has 0 bridgehead atoms. The lowest BCUT2D eigenvalue weighted by atomic mass is 10.1. The topological polar surface area (TPSA) is 46.5 Å². The highest BCUT2D eigenvalue weighted by Gasteiger charge is 1.99. The predicted molar refractivity (Wildman–Crippen MR) is 107 cm³/mol. The number of rotatable bonds is 14. The van der Waals surface area contributed by atoms with Crippen molar-refractivity contribution < 1.29 is 17.4 Å². The van der Waals surface area contributed by atoms with Gasteiger partial charge in [0.15, 0.2) is 0 Å². The van der Waals surface area contributed by atoms with Gasteiger partial charge in [0.2, 0.25) is 0 Å². The highest BCUT2D eigenvalue weighted by Crippen LogP contribution is 2.09. The second-order valence-corrected chi connectivity index (χ2v) is 6.63. The van der Waals surface area contributed by atoms with Gasteiger partial charge >= 0.3 is 5.97 Å². The van der Waals surface area contributed by atoms with Crippen molar-refractivity contribution in [2.75, 3.05) is 6.56 Å². The number of carbonyl (C=O) groups is 1. The summed E-state index contributed by atoms with van der Waals surface area (Å²) in [6.07, 6.45) is 11.2. The zero-order valence-corrected chi connectivity index (χ0v) is 16.1. The predicted octanol–water partition coefficient (Wildman–Crippen LogP) is 5.75. The van der Waals surface area contributed by atoms with Gasteiger partial charge in [0.1, 0.15) is 6.56 Å². The third kappa shape index (κ3) is 12.6. The van der Waals surface area contributed by atoms with Gasteiger partial charge in [-0.25, -0.2) is 0 Å². The second kappa shape index (κ2) is 15.5. The van der Waals surface area contributed by atoms with Gasteiger partial charge in [-0.2, -0.15) is 0 Å². The van der Waals surface area contributed by atoms with Gasteiger partial charge in [0.05, 0.1) is 9.35 Å². The summed E-state index contributed by atoms with van der Waals surface area (Å²) < 4.78 is 21.0. The Labute approximate surface area is 162 Å². The van der Waals surface area contributed by atoms with Crippen molar-refractivity contribution in [3.05, 3.63) is 35.4 Å². The molecule has 1 aromatic rings. The van der Waals surface area contributed by atoms with E-state index in [0.717, 1.165) is 24.0 Å². The molecule has 144 valence electrons. The zero-order chi connectivity index (χ0) is 20.7. The molecule has 0 spiro atoms. The number of hydrogen-bond donors (Lipinski definition) is 1. The van der Waals surface area contributed by atoms with Gasteiger partial charge < -0.3 is 9.84 Å². The van der Waals surface area contributed by atoms with Crippen molar-refractivity contribution in [3.8, 4) is 11.8 Å². The van der Waals surface area contributed by atoms with Crippen LogP contribution in [-0.4, -0.2) is 17.6 Å². The molecule has 0 heterocycles. The van der Waals surface area contributed by atoms with Crippen LogP contribution in [0.5, 0.6) is 0 Å². The molecule has 3 heteroatoms. The maximum atomic E-state index is 10.6. The van der Waals surface area contributed by atoms with E-state index in [2.05, 4.69) is 18.8 Å². The first-order chi connectivity index (χ1) is 13.4. The Hall–Kier alpha value is -1.79. The number of hydrogen-bond acceptors (Lipinski definition) is 2. The van der Waals surface area contributed by atoms with Crippen molar-refractivity contribution >= 4 is 5.97 Å². The Morgan fingerprint density at radius 1 is 1.00 bits per heavy atom. The molecule has 0 aromatic heterocycles. The van der Waals surface area contributed by atoms with Crippen LogP contribution in [0.15, 0.2) is 24.3 Å². The van der Waals surface area contributed by atoms with Crippen molar-refractivity contribution in [2.45, 2.75) is 84.2 Å². The van der Waals surface area contributed by atoms with Crippen molar-refractivity contribution in [1.82, 2.24) is 0 Å². The highest BCUT2D eigenvalue weighted by atomic mass is 16.5. The maximum Gasteiger partial charge on any atom is 0.303 e. The number of aliphatic carboxylic acids is 1. The summed E-state index contributed by atoms with van der Waals surface area (Å²) in [4.78, 5) is 10.6. The summed E-state index contributed by atoms with van der Waals surface area (Å²) >= 11 is 0. The van der Waals surface area contributed by atoms with Gasteiger partial charge in [0, 0.05) is 12.8 Å². The summed E-state index contributed by atoms with van der Waals surface area (Å²) in [6.45, 7) is 0.405. The minimum Gasteiger partial charge on any atom is -0.481 e. The molecule has 0 fully saturated rings. The van der Waals surface area contributed by atoms with E-state index in [1.807, 2.05) is 24.3 Å². The molecule has 1 aromatic carbocycles. The minimum absolute atomic E-state index is 0.104. The fraction of sp³-hybridized carbons (Fsp3) is 0.609. The Kier molecular flexibility index (Phi) is 11.3. The molecular formula is C23H34O3. The first kappa shape index (κ1) is 19.0. The number of carboxylic acid groups (broad SMARTS) is 1. The number of unbranched alkanes of at least 4 members (excludes halogenated alkanes) is 8. The maximum absolute atomic E-state index is 10.6. The van der Waals surface area contributed by atoms with Crippen LogP contribution in [0.3, 0.4) is 0 Å². The van der Waals surface area contributed by atoms with E-state index in [9.17, 15) is 4.79 Å². The van der Waals surface area contributed by atoms with Gasteiger partial charge in [0.25, 0.3) is 0 Å². The SMILES string of the molecule is [2H]C([2H])(C#CCCCCCCCCCC)OCc1ccc(CCC(=O)O)cc1. The molecular weight excluding hydrogens is 324 g/mol. The van der Waals surface area contributed by atoms with Crippen LogP contribution in [0.25, 0.3) is 0 Å². The lowest BCUT2D eigenvalue weighted by Gasteiger charge is -2.03. The fourth-order valence-electron chi connectivity index (χ4n) is 2.65. The quantitative estimate of drug-likeness (QED) is 0.339. The Balaban J connectivity index is 2.21. The summed E-state index contributed by atoms with van der Waals surface area (Å²) in [5.41, 5.74) is 1.78. The molecule has 0 unspecified atom stereocenters. The zero-order valence-electron chi connectivity index (χ0n) is 18.1. The largest absolute Gasteiger partial charge is 0.481 e. The number of ether oxygens (including phenoxy) is 1. The molecule has 0 radical (unpaired) electrons. The number of benzene rings is 1. The van der Waals surface area contributed by atoms with Crippen LogP contribution in [-0.2, 0) is 22.6 Å². The average molecular weight is 361 g/mol.